The first kappa shape index (κ1) is 12.1. The number of fused-ring (bicyclic) bond motifs is 2. The Hall–Kier alpha value is 0. The van der Waals surface area contributed by atoms with E-state index in [2.05, 4.69) is 27.7 Å². The largest absolute Gasteiger partial charge is 0.0651 e. The van der Waals surface area contributed by atoms with Crippen molar-refractivity contribution >= 4 is 0 Å². The SMILES string of the molecule is CCC1CC(C)CC(C)C2CC1C2C1CC1C. The zero-order chi connectivity index (χ0) is 12.2. The second-order valence-electron chi connectivity index (χ2n) is 7.74. The Morgan fingerprint density at radius 1 is 0.765 bits per heavy atom. The highest BCUT2D eigenvalue weighted by molar-refractivity contribution is 5.04. The third-order valence-electron chi connectivity index (χ3n) is 6.54. The van der Waals surface area contributed by atoms with Gasteiger partial charge in [-0.3, -0.25) is 0 Å². The van der Waals surface area contributed by atoms with Gasteiger partial charge in [-0.05, 0) is 73.0 Å². The van der Waals surface area contributed by atoms with E-state index in [1.54, 1.807) is 12.8 Å². The van der Waals surface area contributed by atoms with Crippen molar-refractivity contribution in [1.82, 2.24) is 0 Å². The van der Waals surface area contributed by atoms with Gasteiger partial charge in [-0.25, -0.2) is 0 Å². The van der Waals surface area contributed by atoms with Crippen molar-refractivity contribution in [3.63, 3.8) is 0 Å². The normalized spacial score (nSPS) is 57.9. The summed E-state index contributed by atoms with van der Waals surface area (Å²) in [7, 11) is 0. The third-order valence-corrected chi connectivity index (χ3v) is 6.54. The average Bonchev–Trinajstić information content (AvgIpc) is 2.89. The summed E-state index contributed by atoms with van der Waals surface area (Å²) in [5, 5.41) is 0. The van der Waals surface area contributed by atoms with Gasteiger partial charge in [-0.2, -0.15) is 0 Å². The lowest BCUT2D eigenvalue weighted by Crippen LogP contribution is -2.48. The Bertz CT molecular complexity index is 282. The van der Waals surface area contributed by atoms with Crippen LogP contribution in [0.5, 0.6) is 0 Å². The van der Waals surface area contributed by atoms with Gasteiger partial charge in [0.15, 0.2) is 0 Å². The van der Waals surface area contributed by atoms with Gasteiger partial charge in [0.05, 0.1) is 0 Å². The van der Waals surface area contributed by atoms with E-state index in [1.807, 2.05) is 0 Å². The van der Waals surface area contributed by atoms with Crippen LogP contribution in [0, 0.1) is 47.3 Å². The molecule has 0 aromatic rings. The maximum atomic E-state index is 2.55. The van der Waals surface area contributed by atoms with Gasteiger partial charge < -0.3 is 0 Å². The maximum Gasteiger partial charge on any atom is -0.0321 e. The molecule has 3 aliphatic carbocycles. The molecule has 17 heavy (non-hydrogen) atoms. The van der Waals surface area contributed by atoms with Crippen LogP contribution in [0.15, 0.2) is 0 Å². The van der Waals surface area contributed by atoms with Crippen LogP contribution in [0.1, 0.15) is 59.8 Å². The Balaban J connectivity index is 1.77. The highest BCUT2D eigenvalue weighted by atomic mass is 14.6. The molecule has 0 aromatic carbocycles. The average molecular weight is 234 g/mol. The number of hydrogen-bond acceptors (Lipinski definition) is 0. The predicted octanol–water partition coefficient (Wildman–Crippen LogP) is 4.99. The second kappa shape index (κ2) is 4.28. The molecule has 0 saturated heterocycles. The molecule has 8 atom stereocenters. The lowest BCUT2D eigenvalue weighted by Gasteiger charge is -2.54. The van der Waals surface area contributed by atoms with Crippen LogP contribution in [-0.4, -0.2) is 0 Å². The highest BCUT2D eigenvalue weighted by Crippen LogP contribution is 2.63. The minimum absolute atomic E-state index is 0.984. The summed E-state index contributed by atoms with van der Waals surface area (Å²) in [4.78, 5) is 0. The molecule has 3 aliphatic rings. The summed E-state index contributed by atoms with van der Waals surface area (Å²) < 4.78 is 0. The van der Waals surface area contributed by atoms with Crippen LogP contribution < -0.4 is 0 Å². The van der Waals surface area contributed by atoms with Crippen molar-refractivity contribution in [3.05, 3.63) is 0 Å². The molecule has 0 aromatic heterocycles. The fraction of sp³-hybridized carbons (Fsp3) is 1.00. The van der Waals surface area contributed by atoms with Crippen molar-refractivity contribution in [3.8, 4) is 0 Å². The van der Waals surface area contributed by atoms with Gasteiger partial charge in [0.25, 0.3) is 0 Å². The van der Waals surface area contributed by atoms with Gasteiger partial charge in [-0.1, -0.05) is 34.1 Å². The van der Waals surface area contributed by atoms with Crippen molar-refractivity contribution in [2.45, 2.75) is 59.8 Å². The second-order valence-corrected chi connectivity index (χ2v) is 7.74. The van der Waals surface area contributed by atoms with E-state index in [0.29, 0.717) is 0 Å². The molecule has 8 unspecified atom stereocenters. The zero-order valence-electron chi connectivity index (χ0n) is 12.2. The van der Waals surface area contributed by atoms with Gasteiger partial charge in [-0.15, -0.1) is 0 Å². The van der Waals surface area contributed by atoms with Crippen LogP contribution in [0.4, 0.5) is 0 Å². The molecule has 0 radical (unpaired) electrons. The first-order chi connectivity index (χ1) is 8.11. The third kappa shape index (κ3) is 1.96. The molecule has 0 heteroatoms. The topological polar surface area (TPSA) is 0 Å². The molecule has 3 rings (SSSR count). The summed E-state index contributed by atoms with van der Waals surface area (Å²) in [5.74, 6) is 8.60. The standard InChI is InChI=1S/C17H30/c1-5-13-7-10(2)6-11(3)15-9-16(13)17(15)14-8-12(14)4/h10-17H,5-9H2,1-4H3. The molecular formula is C17H30. The van der Waals surface area contributed by atoms with Crippen LogP contribution in [0.3, 0.4) is 0 Å². The lowest BCUT2D eigenvalue weighted by atomic mass is 9.50. The Labute approximate surface area is 108 Å². The van der Waals surface area contributed by atoms with E-state index < -0.39 is 0 Å². The minimum Gasteiger partial charge on any atom is -0.0651 e. The minimum atomic E-state index is 0.984. The zero-order valence-corrected chi connectivity index (χ0v) is 12.2. The van der Waals surface area contributed by atoms with E-state index in [-0.39, 0.29) is 0 Å². The van der Waals surface area contributed by atoms with Gasteiger partial charge >= 0.3 is 0 Å². The van der Waals surface area contributed by atoms with Crippen molar-refractivity contribution in [1.29, 1.82) is 0 Å². The molecule has 3 fully saturated rings. The van der Waals surface area contributed by atoms with Crippen molar-refractivity contribution in [2.75, 3.05) is 0 Å². The molecule has 0 N–H and O–H groups in total. The number of hydrogen-bond donors (Lipinski definition) is 0. The first-order valence-corrected chi connectivity index (χ1v) is 8.11. The summed E-state index contributed by atoms with van der Waals surface area (Å²) >= 11 is 0. The van der Waals surface area contributed by atoms with E-state index in [4.69, 9.17) is 0 Å². The fourth-order valence-corrected chi connectivity index (χ4v) is 5.46. The Kier molecular flexibility index (Phi) is 3.04. The molecule has 0 nitrogen and oxygen atoms in total. The smallest absolute Gasteiger partial charge is 0.0321 e. The van der Waals surface area contributed by atoms with E-state index >= 15 is 0 Å². The molecular weight excluding hydrogens is 204 g/mol. The lowest BCUT2D eigenvalue weighted by molar-refractivity contribution is -0.0577. The predicted molar refractivity (Wildman–Crippen MR) is 73.7 cm³/mol. The summed E-state index contributed by atoms with van der Waals surface area (Å²) in [6.07, 6.45) is 7.60. The van der Waals surface area contributed by atoms with Crippen LogP contribution in [0.25, 0.3) is 0 Å². The van der Waals surface area contributed by atoms with E-state index in [1.165, 1.54) is 19.3 Å². The monoisotopic (exact) mass is 234 g/mol. The quantitative estimate of drug-likeness (QED) is 0.631. The molecule has 0 spiro atoms. The van der Waals surface area contributed by atoms with Crippen molar-refractivity contribution in [2.24, 2.45) is 47.3 Å². The van der Waals surface area contributed by atoms with Gasteiger partial charge in [0.1, 0.15) is 0 Å². The maximum absolute atomic E-state index is 2.55. The highest BCUT2D eigenvalue weighted by Gasteiger charge is 2.56. The molecule has 0 amide bonds. The molecule has 0 heterocycles. The summed E-state index contributed by atoms with van der Waals surface area (Å²) in [5.41, 5.74) is 0. The summed E-state index contributed by atoms with van der Waals surface area (Å²) in [6.45, 7) is 9.96. The van der Waals surface area contributed by atoms with E-state index in [0.717, 1.165) is 47.3 Å². The van der Waals surface area contributed by atoms with E-state index in [9.17, 15) is 0 Å². The molecule has 3 saturated carbocycles. The van der Waals surface area contributed by atoms with Crippen molar-refractivity contribution < 1.29 is 0 Å². The van der Waals surface area contributed by atoms with Gasteiger partial charge in [0.2, 0.25) is 0 Å². The molecule has 98 valence electrons. The fourth-order valence-electron chi connectivity index (χ4n) is 5.46. The van der Waals surface area contributed by atoms with Gasteiger partial charge in [0, 0.05) is 0 Å². The Morgan fingerprint density at radius 3 is 1.94 bits per heavy atom. The first-order valence-electron chi connectivity index (χ1n) is 8.11. The molecule has 0 aliphatic heterocycles. The van der Waals surface area contributed by atoms with Crippen LogP contribution in [0.2, 0.25) is 0 Å². The Morgan fingerprint density at radius 2 is 1.35 bits per heavy atom. The number of rotatable bonds is 2. The summed E-state index contributed by atoms with van der Waals surface area (Å²) in [6, 6.07) is 0. The molecule has 2 bridgehead atoms. The van der Waals surface area contributed by atoms with Crippen LogP contribution in [-0.2, 0) is 0 Å². The van der Waals surface area contributed by atoms with Crippen LogP contribution >= 0.6 is 0 Å².